The van der Waals surface area contributed by atoms with Gasteiger partial charge in [0.15, 0.2) is 5.76 Å². The standard InChI is InChI=1S/C28H28ClFN2O6/c1-15-24(31-26(35)37-16(2)17-5-4-6-20(29)9-17)25(38-32-15)18-7-8-21(22(30)10-18)27(3)11-19-12-28(19,36-14-27)13-23(33)34/h4-10,16,19H,11-14H2,1-3H3,(H,31,35)(H,33,34). The summed E-state index contributed by atoms with van der Waals surface area (Å²) in [4.78, 5) is 23.8. The molecule has 2 N–H and O–H groups in total. The summed E-state index contributed by atoms with van der Waals surface area (Å²) in [5, 5.41) is 16.3. The number of aromatic nitrogens is 1. The number of fused-ring (bicyclic) bond motifs is 1. The van der Waals surface area contributed by atoms with E-state index in [1.807, 2.05) is 6.92 Å². The number of carboxylic acids is 1. The van der Waals surface area contributed by atoms with Crippen LogP contribution in [0.25, 0.3) is 11.3 Å². The second-order valence-electron chi connectivity index (χ2n) is 10.5. The number of carbonyl (C=O) groups excluding carboxylic acids is 1. The summed E-state index contributed by atoms with van der Waals surface area (Å²) in [7, 11) is 0. The quantitative estimate of drug-likeness (QED) is 0.343. The van der Waals surface area contributed by atoms with E-state index < -0.39 is 35.0 Å². The molecular weight excluding hydrogens is 515 g/mol. The minimum Gasteiger partial charge on any atom is -0.481 e. The van der Waals surface area contributed by atoms with Crippen LogP contribution in [0.15, 0.2) is 47.0 Å². The van der Waals surface area contributed by atoms with Crippen LogP contribution in [0.4, 0.5) is 14.9 Å². The molecule has 1 aliphatic carbocycles. The van der Waals surface area contributed by atoms with Gasteiger partial charge in [0.2, 0.25) is 0 Å². The summed E-state index contributed by atoms with van der Waals surface area (Å²) in [5.74, 6) is -1.05. The first-order valence-corrected chi connectivity index (χ1v) is 12.7. The number of anilines is 1. The van der Waals surface area contributed by atoms with Gasteiger partial charge in [0.25, 0.3) is 0 Å². The van der Waals surface area contributed by atoms with Crippen LogP contribution in [0, 0.1) is 18.7 Å². The lowest BCUT2D eigenvalue weighted by atomic mass is 9.76. The van der Waals surface area contributed by atoms with Crippen molar-refractivity contribution >= 4 is 29.4 Å². The smallest absolute Gasteiger partial charge is 0.412 e. The third-order valence-electron chi connectivity index (χ3n) is 7.57. The first kappa shape index (κ1) is 26.2. The molecule has 0 spiro atoms. The van der Waals surface area contributed by atoms with Gasteiger partial charge in [-0.15, -0.1) is 0 Å². The van der Waals surface area contributed by atoms with Crippen LogP contribution < -0.4 is 5.32 Å². The average Bonchev–Trinajstić information content (AvgIpc) is 3.41. The molecule has 2 aliphatic rings. The van der Waals surface area contributed by atoms with Gasteiger partial charge in [0.1, 0.15) is 23.3 Å². The van der Waals surface area contributed by atoms with Crippen LogP contribution in [-0.4, -0.2) is 34.5 Å². The molecule has 4 unspecified atom stereocenters. The SMILES string of the molecule is Cc1noc(-c2ccc(C3(C)COC4(CC(=O)O)CC4C3)c(F)c2)c1NC(=O)OC(C)c1cccc(Cl)c1. The highest BCUT2D eigenvalue weighted by molar-refractivity contribution is 6.30. The third-order valence-corrected chi connectivity index (χ3v) is 7.81. The van der Waals surface area contributed by atoms with Crippen LogP contribution in [0.1, 0.15) is 56.0 Å². The van der Waals surface area contributed by atoms with E-state index >= 15 is 4.39 Å². The Morgan fingerprint density at radius 1 is 1.29 bits per heavy atom. The van der Waals surface area contributed by atoms with Gasteiger partial charge >= 0.3 is 12.1 Å². The number of benzene rings is 2. The number of halogens is 2. The van der Waals surface area contributed by atoms with E-state index in [0.29, 0.717) is 34.7 Å². The zero-order valence-corrected chi connectivity index (χ0v) is 22.0. The van der Waals surface area contributed by atoms with Crippen LogP contribution >= 0.6 is 11.6 Å². The summed E-state index contributed by atoms with van der Waals surface area (Å²) < 4.78 is 32.4. The van der Waals surface area contributed by atoms with Crippen molar-refractivity contribution < 1.29 is 33.1 Å². The molecule has 5 rings (SSSR count). The van der Waals surface area contributed by atoms with Crippen LogP contribution in [-0.2, 0) is 19.7 Å². The van der Waals surface area contributed by atoms with Gasteiger partial charge < -0.3 is 19.1 Å². The Labute approximate surface area is 224 Å². The van der Waals surface area contributed by atoms with Gasteiger partial charge in [-0.05, 0) is 61.9 Å². The van der Waals surface area contributed by atoms with Crippen molar-refractivity contribution in [3.8, 4) is 11.3 Å². The monoisotopic (exact) mass is 542 g/mol. The first-order chi connectivity index (χ1) is 18.0. The molecule has 1 aliphatic heterocycles. The summed E-state index contributed by atoms with van der Waals surface area (Å²) in [6, 6.07) is 11.8. The summed E-state index contributed by atoms with van der Waals surface area (Å²) in [6.45, 7) is 5.55. The number of carboxylic acid groups (broad SMARTS) is 1. The number of hydrogen-bond acceptors (Lipinski definition) is 6. The lowest BCUT2D eigenvalue weighted by Gasteiger charge is -2.37. The van der Waals surface area contributed by atoms with Crippen molar-refractivity contribution in [1.29, 1.82) is 0 Å². The molecule has 10 heteroatoms. The Morgan fingerprint density at radius 2 is 2.08 bits per heavy atom. The Bertz CT molecular complexity index is 1410. The number of nitrogens with one attached hydrogen (secondary N) is 1. The first-order valence-electron chi connectivity index (χ1n) is 12.4. The second-order valence-corrected chi connectivity index (χ2v) is 10.9. The van der Waals surface area contributed by atoms with E-state index in [0.717, 1.165) is 5.56 Å². The fourth-order valence-corrected chi connectivity index (χ4v) is 5.59. The predicted molar refractivity (Wildman–Crippen MR) is 138 cm³/mol. The molecule has 8 nitrogen and oxygen atoms in total. The van der Waals surface area contributed by atoms with E-state index in [1.54, 1.807) is 50.2 Å². The fraction of sp³-hybridized carbons (Fsp3) is 0.393. The van der Waals surface area contributed by atoms with E-state index in [4.69, 9.17) is 25.6 Å². The summed E-state index contributed by atoms with van der Waals surface area (Å²) >= 11 is 6.03. The molecule has 3 aromatic rings. The normalized spacial score (nSPS) is 24.8. The maximum atomic E-state index is 15.5. The van der Waals surface area contributed by atoms with Crippen LogP contribution in [0.3, 0.4) is 0 Å². The molecule has 200 valence electrons. The van der Waals surface area contributed by atoms with E-state index in [-0.39, 0.29) is 30.4 Å². The van der Waals surface area contributed by atoms with Gasteiger partial charge in [-0.2, -0.15) is 0 Å². The number of ether oxygens (including phenoxy) is 2. The number of amides is 1. The van der Waals surface area contributed by atoms with Crippen LogP contribution in [0.2, 0.25) is 5.02 Å². The van der Waals surface area contributed by atoms with Crippen molar-refractivity contribution in [1.82, 2.24) is 5.16 Å². The number of nitrogens with zero attached hydrogens (tertiary/aromatic N) is 1. The highest BCUT2D eigenvalue weighted by atomic mass is 35.5. The minimum atomic E-state index is -0.888. The molecule has 1 amide bonds. The summed E-state index contributed by atoms with van der Waals surface area (Å²) in [6.07, 6.45) is 0.00120. The Kier molecular flexibility index (Phi) is 6.69. The molecule has 1 saturated heterocycles. The van der Waals surface area contributed by atoms with Gasteiger partial charge in [-0.1, -0.05) is 47.9 Å². The highest BCUT2D eigenvalue weighted by Crippen LogP contribution is 2.59. The Balaban J connectivity index is 1.31. The largest absolute Gasteiger partial charge is 0.481 e. The Morgan fingerprint density at radius 3 is 2.76 bits per heavy atom. The zero-order chi connectivity index (χ0) is 27.2. The second kappa shape index (κ2) is 9.71. The molecule has 2 heterocycles. The molecule has 1 saturated carbocycles. The number of aryl methyl sites for hydroxylation is 1. The molecular formula is C28H28ClFN2O6. The summed E-state index contributed by atoms with van der Waals surface area (Å²) in [5.41, 5.74) is 1.11. The molecule has 4 atom stereocenters. The van der Waals surface area contributed by atoms with Gasteiger partial charge in [-0.25, -0.2) is 9.18 Å². The maximum absolute atomic E-state index is 15.5. The minimum absolute atomic E-state index is 0.0317. The average molecular weight is 543 g/mol. The van der Waals surface area contributed by atoms with Crippen molar-refractivity contribution in [2.24, 2.45) is 5.92 Å². The van der Waals surface area contributed by atoms with Gasteiger partial charge in [0, 0.05) is 16.0 Å². The molecule has 2 fully saturated rings. The number of carbonyl (C=O) groups is 2. The lowest BCUT2D eigenvalue weighted by Crippen LogP contribution is -2.40. The van der Waals surface area contributed by atoms with Crippen molar-refractivity contribution in [2.75, 3.05) is 11.9 Å². The number of aliphatic carboxylic acids is 1. The van der Waals surface area contributed by atoms with Crippen molar-refractivity contribution in [2.45, 2.75) is 57.2 Å². The lowest BCUT2D eigenvalue weighted by molar-refractivity contribution is -0.143. The predicted octanol–water partition coefficient (Wildman–Crippen LogP) is 6.66. The molecule has 38 heavy (non-hydrogen) atoms. The topological polar surface area (TPSA) is 111 Å². The van der Waals surface area contributed by atoms with E-state index in [1.165, 1.54) is 6.07 Å². The van der Waals surface area contributed by atoms with Crippen molar-refractivity contribution in [3.63, 3.8) is 0 Å². The van der Waals surface area contributed by atoms with Crippen molar-refractivity contribution in [3.05, 3.63) is 70.1 Å². The molecule has 0 bridgehead atoms. The molecule has 0 radical (unpaired) electrons. The number of rotatable bonds is 7. The van der Waals surface area contributed by atoms with E-state index in [9.17, 15) is 14.7 Å². The van der Waals surface area contributed by atoms with Crippen LogP contribution in [0.5, 0.6) is 0 Å². The van der Waals surface area contributed by atoms with E-state index in [2.05, 4.69) is 10.5 Å². The van der Waals surface area contributed by atoms with Gasteiger partial charge in [-0.3, -0.25) is 10.1 Å². The molecule has 1 aromatic heterocycles. The highest BCUT2D eigenvalue weighted by Gasteiger charge is 2.62. The Hall–Kier alpha value is -3.43. The zero-order valence-electron chi connectivity index (χ0n) is 21.2. The number of hydrogen-bond donors (Lipinski definition) is 2. The maximum Gasteiger partial charge on any atom is 0.412 e. The molecule has 2 aromatic carbocycles. The third kappa shape index (κ3) is 5.00. The fourth-order valence-electron chi connectivity index (χ4n) is 5.39. The van der Waals surface area contributed by atoms with Gasteiger partial charge in [0.05, 0.1) is 18.6 Å².